The molecule has 3 aliphatic rings. The molecule has 0 radical (unpaired) electrons. The number of carbonyl (C=O) groups is 4. The molecule has 0 aromatic heterocycles. The SMILES string of the molecule is CC1C(=O)N2CCCc3cc(NC(=O)C(=O)NCC4CCN(C(=O)Oc5ccccc5)CC4)cc1c32. The van der Waals surface area contributed by atoms with Crippen LogP contribution in [-0.2, 0) is 20.8 Å². The highest BCUT2D eigenvalue weighted by Crippen LogP contribution is 2.44. The fourth-order valence-corrected chi connectivity index (χ4v) is 5.25. The molecular weight excluding hydrogens is 460 g/mol. The lowest BCUT2D eigenvalue weighted by molar-refractivity contribution is -0.136. The van der Waals surface area contributed by atoms with Gasteiger partial charge in [-0.2, -0.15) is 0 Å². The quantitative estimate of drug-likeness (QED) is 0.641. The van der Waals surface area contributed by atoms with Crippen molar-refractivity contribution in [3.63, 3.8) is 0 Å². The largest absolute Gasteiger partial charge is 0.415 e. The van der Waals surface area contributed by atoms with E-state index in [1.165, 1.54) is 0 Å². The second-order valence-electron chi connectivity index (χ2n) is 9.66. The number of hydrogen-bond acceptors (Lipinski definition) is 5. The first-order chi connectivity index (χ1) is 17.4. The molecule has 2 aromatic carbocycles. The van der Waals surface area contributed by atoms with Gasteiger partial charge in [0.2, 0.25) is 5.91 Å². The van der Waals surface area contributed by atoms with Crippen molar-refractivity contribution < 1.29 is 23.9 Å². The molecule has 0 spiro atoms. The lowest BCUT2D eigenvalue weighted by Crippen LogP contribution is -2.44. The molecule has 1 unspecified atom stereocenters. The van der Waals surface area contributed by atoms with E-state index >= 15 is 0 Å². The van der Waals surface area contributed by atoms with Crippen molar-refractivity contribution in [1.82, 2.24) is 10.2 Å². The van der Waals surface area contributed by atoms with Gasteiger partial charge in [-0.1, -0.05) is 18.2 Å². The Morgan fingerprint density at radius 1 is 1.03 bits per heavy atom. The number of piperidine rings is 1. The number of amides is 4. The Balaban J connectivity index is 1.10. The van der Waals surface area contributed by atoms with Crippen LogP contribution < -0.4 is 20.3 Å². The van der Waals surface area contributed by atoms with E-state index in [9.17, 15) is 19.2 Å². The van der Waals surface area contributed by atoms with Gasteiger partial charge in [0.1, 0.15) is 5.75 Å². The standard InChI is InChI=1S/C27H30N4O5/c1-17-22-15-20(14-19-6-5-11-31(23(19)22)26(17)34)29-25(33)24(32)28-16-18-9-12-30(13-10-18)27(35)36-21-7-3-2-4-8-21/h2-4,7-8,14-15,17-18H,5-6,9-13,16H2,1H3,(H,28,32)(H,29,33). The fourth-order valence-electron chi connectivity index (χ4n) is 5.25. The van der Waals surface area contributed by atoms with Crippen LogP contribution in [0.25, 0.3) is 0 Å². The summed E-state index contributed by atoms with van der Waals surface area (Å²) in [7, 11) is 0. The fraction of sp³-hybridized carbons (Fsp3) is 0.407. The summed E-state index contributed by atoms with van der Waals surface area (Å²) in [5, 5.41) is 5.43. The number of hydrogen-bond donors (Lipinski definition) is 2. The molecule has 0 saturated carbocycles. The van der Waals surface area contributed by atoms with E-state index < -0.39 is 11.8 Å². The Hall–Kier alpha value is -3.88. The van der Waals surface area contributed by atoms with Crippen molar-refractivity contribution in [2.75, 3.05) is 36.4 Å². The molecule has 2 aromatic rings. The van der Waals surface area contributed by atoms with Gasteiger partial charge >= 0.3 is 17.9 Å². The summed E-state index contributed by atoms with van der Waals surface area (Å²) in [5.41, 5.74) is 3.45. The predicted molar refractivity (Wildman–Crippen MR) is 134 cm³/mol. The van der Waals surface area contributed by atoms with E-state index in [1.54, 1.807) is 17.0 Å². The number of rotatable bonds is 4. The van der Waals surface area contributed by atoms with Gasteiger partial charge in [-0.25, -0.2) is 4.79 Å². The molecule has 5 rings (SSSR count). The molecule has 188 valence electrons. The van der Waals surface area contributed by atoms with Gasteiger partial charge in [-0.15, -0.1) is 0 Å². The molecule has 3 heterocycles. The minimum Gasteiger partial charge on any atom is -0.410 e. The van der Waals surface area contributed by atoms with Crippen LogP contribution in [0.2, 0.25) is 0 Å². The molecule has 1 fully saturated rings. The van der Waals surface area contributed by atoms with Gasteiger partial charge in [0.05, 0.1) is 11.6 Å². The minimum atomic E-state index is -0.726. The van der Waals surface area contributed by atoms with Crippen LogP contribution in [0.3, 0.4) is 0 Å². The Bertz CT molecular complexity index is 1190. The Kier molecular flexibility index (Phi) is 6.63. The van der Waals surface area contributed by atoms with Crippen molar-refractivity contribution in [3.8, 4) is 5.75 Å². The maximum Gasteiger partial charge on any atom is 0.415 e. The number of ether oxygens (including phenoxy) is 1. The number of likely N-dealkylation sites (tertiary alicyclic amines) is 1. The van der Waals surface area contributed by atoms with E-state index in [-0.39, 0.29) is 23.8 Å². The van der Waals surface area contributed by atoms with Gasteiger partial charge in [0.25, 0.3) is 0 Å². The summed E-state index contributed by atoms with van der Waals surface area (Å²) in [6, 6.07) is 12.6. The highest BCUT2D eigenvalue weighted by molar-refractivity contribution is 6.39. The molecule has 4 amide bonds. The summed E-state index contributed by atoms with van der Waals surface area (Å²) in [5.74, 6) is -0.903. The molecule has 0 bridgehead atoms. The molecule has 1 atom stereocenters. The molecule has 9 nitrogen and oxygen atoms in total. The van der Waals surface area contributed by atoms with Crippen molar-refractivity contribution in [2.45, 2.75) is 38.5 Å². The number of benzene rings is 2. The van der Waals surface area contributed by atoms with E-state index in [1.807, 2.05) is 42.2 Å². The third-order valence-corrected chi connectivity index (χ3v) is 7.26. The first-order valence-electron chi connectivity index (χ1n) is 12.5. The summed E-state index contributed by atoms with van der Waals surface area (Å²) in [6.07, 6.45) is 2.76. The first-order valence-corrected chi connectivity index (χ1v) is 12.5. The average Bonchev–Trinajstić information content (AvgIpc) is 3.14. The topological polar surface area (TPSA) is 108 Å². The molecule has 3 aliphatic heterocycles. The highest BCUT2D eigenvalue weighted by Gasteiger charge is 2.38. The van der Waals surface area contributed by atoms with E-state index in [0.717, 1.165) is 36.2 Å². The van der Waals surface area contributed by atoms with Crippen molar-refractivity contribution in [2.24, 2.45) is 5.92 Å². The maximum atomic E-state index is 12.6. The van der Waals surface area contributed by atoms with Crippen LogP contribution in [-0.4, -0.2) is 54.9 Å². The number of aryl methyl sites for hydroxylation is 1. The zero-order valence-electron chi connectivity index (χ0n) is 20.3. The average molecular weight is 491 g/mol. The number of nitrogens with one attached hydrogen (secondary N) is 2. The summed E-state index contributed by atoms with van der Waals surface area (Å²) < 4.78 is 5.38. The molecule has 2 N–H and O–H groups in total. The number of para-hydroxylation sites is 1. The molecular formula is C27H30N4O5. The Morgan fingerprint density at radius 3 is 2.53 bits per heavy atom. The Labute approximate surface area is 209 Å². The molecule has 0 aliphatic carbocycles. The van der Waals surface area contributed by atoms with Gasteiger partial charge < -0.3 is 25.2 Å². The van der Waals surface area contributed by atoms with Crippen molar-refractivity contribution >= 4 is 35.2 Å². The van der Waals surface area contributed by atoms with Crippen molar-refractivity contribution in [3.05, 3.63) is 53.6 Å². The normalized spacial score (nSPS) is 19.0. The zero-order valence-corrected chi connectivity index (χ0v) is 20.3. The molecule has 1 saturated heterocycles. The highest BCUT2D eigenvalue weighted by atomic mass is 16.6. The van der Waals surface area contributed by atoms with Crippen molar-refractivity contribution in [1.29, 1.82) is 0 Å². The van der Waals surface area contributed by atoms with Crippen LogP contribution in [0.15, 0.2) is 42.5 Å². The maximum absolute atomic E-state index is 12.6. The number of anilines is 2. The number of nitrogens with zero attached hydrogens (tertiary/aromatic N) is 2. The summed E-state index contributed by atoms with van der Waals surface area (Å²) in [6.45, 7) is 4.03. The van der Waals surface area contributed by atoms with Crippen LogP contribution >= 0.6 is 0 Å². The predicted octanol–water partition coefficient (Wildman–Crippen LogP) is 3.05. The third kappa shape index (κ3) is 4.78. The van der Waals surface area contributed by atoms with Gasteiger partial charge in [-0.05, 0) is 73.9 Å². The van der Waals surface area contributed by atoms with Gasteiger partial charge in [-0.3, -0.25) is 14.4 Å². The third-order valence-electron chi connectivity index (χ3n) is 7.26. The molecule has 9 heteroatoms. The van der Waals surface area contributed by atoms with Crippen LogP contribution in [0, 0.1) is 5.92 Å². The monoisotopic (exact) mass is 490 g/mol. The number of carbonyl (C=O) groups excluding carboxylic acids is 4. The second kappa shape index (κ2) is 10.0. The van der Waals surface area contributed by atoms with E-state index in [0.29, 0.717) is 43.9 Å². The smallest absolute Gasteiger partial charge is 0.410 e. The first kappa shape index (κ1) is 23.8. The van der Waals surface area contributed by atoms with Gasteiger partial charge in [0.15, 0.2) is 0 Å². The van der Waals surface area contributed by atoms with E-state index in [4.69, 9.17) is 4.74 Å². The Morgan fingerprint density at radius 2 is 1.78 bits per heavy atom. The van der Waals surface area contributed by atoms with Crippen LogP contribution in [0.5, 0.6) is 5.75 Å². The minimum absolute atomic E-state index is 0.0894. The van der Waals surface area contributed by atoms with Crippen LogP contribution in [0.1, 0.15) is 43.2 Å². The summed E-state index contributed by atoms with van der Waals surface area (Å²) >= 11 is 0. The second-order valence-corrected chi connectivity index (χ2v) is 9.66. The van der Waals surface area contributed by atoms with Gasteiger partial charge in [0, 0.05) is 31.9 Å². The lowest BCUT2D eigenvalue weighted by atomic mass is 9.96. The van der Waals surface area contributed by atoms with Crippen LogP contribution in [0.4, 0.5) is 16.2 Å². The lowest BCUT2D eigenvalue weighted by Gasteiger charge is -2.31. The molecule has 36 heavy (non-hydrogen) atoms. The summed E-state index contributed by atoms with van der Waals surface area (Å²) in [4.78, 5) is 53.4. The van der Waals surface area contributed by atoms with E-state index in [2.05, 4.69) is 10.6 Å². The zero-order chi connectivity index (χ0) is 25.2.